The summed E-state index contributed by atoms with van der Waals surface area (Å²) in [5.41, 5.74) is 4.45. The van der Waals surface area contributed by atoms with E-state index in [1.165, 1.54) is 23.4 Å². The zero-order valence-corrected chi connectivity index (χ0v) is 21.0. The molecular weight excluding hydrogens is 480 g/mol. The molecule has 0 fully saturated rings. The second-order valence-electron chi connectivity index (χ2n) is 8.11. The number of benzene rings is 1. The molecule has 0 saturated heterocycles. The van der Waals surface area contributed by atoms with Crippen LogP contribution in [0.15, 0.2) is 29.3 Å². The van der Waals surface area contributed by atoms with E-state index in [-0.39, 0.29) is 41.3 Å². The van der Waals surface area contributed by atoms with Gasteiger partial charge in [-0.1, -0.05) is 26.0 Å². The minimum atomic E-state index is -0.215. The second-order valence-corrected chi connectivity index (χ2v) is 8.11. The van der Waals surface area contributed by atoms with Crippen LogP contribution in [0.4, 0.5) is 4.39 Å². The van der Waals surface area contributed by atoms with E-state index in [2.05, 4.69) is 57.3 Å². The largest absolute Gasteiger partial charge is 0.357 e. The van der Waals surface area contributed by atoms with E-state index in [1.54, 1.807) is 0 Å². The monoisotopic (exact) mass is 515 g/mol. The SMILES string of the molecule is CCNC(=NCC(C)(C)c1ccc(F)cc1)NC(C)Cc1c(C)nn(C)c1C.I. The van der Waals surface area contributed by atoms with E-state index >= 15 is 0 Å². The van der Waals surface area contributed by atoms with Crippen LogP contribution in [0.3, 0.4) is 0 Å². The average molecular weight is 515 g/mol. The van der Waals surface area contributed by atoms with Gasteiger partial charge in [0.05, 0.1) is 12.2 Å². The fourth-order valence-electron chi connectivity index (χ4n) is 3.29. The van der Waals surface area contributed by atoms with Gasteiger partial charge in [-0.25, -0.2) is 4.39 Å². The van der Waals surface area contributed by atoms with Crippen LogP contribution in [0.2, 0.25) is 0 Å². The number of aromatic nitrogens is 2. The topological polar surface area (TPSA) is 54.2 Å². The van der Waals surface area contributed by atoms with Gasteiger partial charge in [0.15, 0.2) is 5.96 Å². The summed E-state index contributed by atoms with van der Waals surface area (Å²) in [7, 11) is 1.98. The zero-order valence-electron chi connectivity index (χ0n) is 18.6. The van der Waals surface area contributed by atoms with Crippen molar-refractivity contribution >= 4 is 29.9 Å². The maximum Gasteiger partial charge on any atom is 0.191 e. The summed E-state index contributed by atoms with van der Waals surface area (Å²) >= 11 is 0. The molecule has 0 spiro atoms. The lowest BCUT2D eigenvalue weighted by molar-refractivity contribution is 0.532. The molecule has 1 aromatic carbocycles. The Morgan fingerprint density at radius 2 is 1.86 bits per heavy atom. The van der Waals surface area contributed by atoms with Crippen molar-refractivity contribution in [1.82, 2.24) is 20.4 Å². The summed E-state index contributed by atoms with van der Waals surface area (Å²) in [5.74, 6) is 0.581. The molecule has 2 rings (SSSR count). The molecule has 0 saturated carbocycles. The Balaban J connectivity index is 0.00000420. The van der Waals surface area contributed by atoms with Crippen molar-refractivity contribution in [3.8, 4) is 0 Å². The molecule has 1 atom stereocenters. The van der Waals surface area contributed by atoms with Gasteiger partial charge in [0.25, 0.3) is 0 Å². The maximum absolute atomic E-state index is 13.2. The Labute approximate surface area is 191 Å². The third kappa shape index (κ3) is 6.97. The molecule has 0 amide bonds. The van der Waals surface area contributed by atoms with Crippen molar-refractivity contribution < 1.29 is 4.39 Å². The maximum atomic E-state index is 13.2. The molecule has 0 radical (unpaired) electrons. The molecule has 1 heterocycles. The first-order valence-electron chi connectivity index (χ1n) is 9.94. The number of rotatable bonds is 7. The van der Waals surface area contributed by atoms with E-state index in [4.69, 9.17) is 4.99 Å². The molecular formula is C22H35FIN5. The van der Waals surface area contributed by atoms with Crippen molar-refractivity contribution in [2.45, 2.75) is 59.4 Å². The number of guanidine groups is 1. The van der Waals surface area contributed by atoms with Crippen LogP contribution in [0, 0.1) is 19.7 Å². The van der Waals surface area contributed by atoms with E-state index in [1.807, 2.05) is 23.9 Å². The number of aliphatic imine (C=N–C) groups is 1. The van der Waals surface area contributed by atoms with E-state index in [9.17, 15) is 4.39 Å². The number of aryl methyl sites for hydroxylation is 2. The molecule has 0 bridgehead atoms. The van der Waals surface area contributed by atoms with Gasteiger partial charge < -0.3 is 10.6 Å². The Morgan fingerprint density at radius 3 is 2.38 bits per heavy atom. The lowest BCUT2D eigenvalue weighted by Gasteiger charge is -2.25. The number of halogens is 2. The highest BCUT2D eigenvalue weighted by Gasteiger charge is 2.21. The van der Waals surface area contributed by atoms with Crippen molar-refractivity contribution in [2.75, 3.05) is 13.1 Å². The quantitative estimate of drug-likeness (QED) is 0.329. The minimum Gasteiger partial charge on any atom is -0.357 e. The highest BCUT2D eigenvalue weighted by atomic mass is 127. The Bertz CT molecular complexity index is 811. The predicted molar refractivity (Wildman–Crippen MR) is 130 cm³/mol. The van der Waals surface area contributed by atoms with E-state index in [0.29, 0.717) is 6.54 Å². The molecule has 5 nitrogen and oxygen atoms in total. The normalized spacial score (nSPS) is 13.0. The van der Waals surface area contributed by atoms with Crippen LogP contribution in [0.25, 0.3) is 0 Å². The van der Waals surface area contributed by atoms with Gasteiger partial charge in [0, 0.05) is 30.7 Å². The lowest BCUT2D eigenvalue weighted by atomic mass is 9.85. The van der Waals surface area contributed by atoms with E-state index < -0.39 is 0 Å². The molecule has 162 valence electrons. The Morgan fingerprint density at radius 1 is 1.24 bits per heavy atom. The van der Waals surface area contributed by atoms with Gasteiger partial charge in [-0.15, -0.1) is 24.0 Å². The van der Waals surface area contributed by atoms with Gasteiger partial charge in [-0.2, -0.15) is 5.10 Å². The first-order chi connectivity index (χ1) is 13.1. The molecule has 2 aromatic rings. The standard InChI is InChI=1S/C22H34FN5.HI/c1-8-24-21(25-14-22(5,6)18-9-11-19(23)12-10-18)26-15(2)13-20-16(3)27-28(7)17(20)4;/h9-12,15H,8,13-14H2,1-7H3,(H2,24,25,26);1H. The number of hydrogen-bond donors (Lipinski definition) is 2. The van der Waals surface area contributed by atoms with Gasteiger partial charge in [-0.05, 0) is 57.4 Å². The highest BCUT2D eigenvalue weighted by molar-refractivity contribution is 14.0. The first-order valence-corrected chi connectivity index (χ1v) is 9.94. The number of hydrogen-bond acceptors (Lipinski definition) is 2. The molecule has 2 N–H and O–H groups in total. The summed E-state index contributed by atoms with van der Waals surface area (Å²) in [5, 5.41) is 11.3. The van der Waals surface area contributed by atoms with Crippen LogP contribution in [-0.4, -0.2) is 34.9 Å². The van der Waals surface area contributed by atoms with Crippen molar-refractivity contribution in [3.63, 3.8) is 0 Å². The van der Waals surface area contributed by atoms with Crippen LogP contribution in [-0.2, 0) is 18.9 Å². The molecule has 29 heavy (non-hydrogen) atoms. The molecule has 0 aliphatic rings. The average Bonchev–Trinajstić information content (AvgIpc) is 2.86. The molecule has 1 unspecified atom stereocenters. The van der Waals surface area contributed by atoms with Gasteiger partial charge in [0.1, 0.15) is 5.82 Å². The molecule has 1 aromatic heterocycles. The summed E-state index contributed by atoms with van der Waals surface area (Å²) in [6, 6.07) is 6.90. The Kier molecular flexibility index (Phi) is 9.58. The van der Waals surface area contributed by atoms with Gasteiger partial charge >= 0.3 is 0 Å². The summed E-state index contributed by atoms with van der Waals surface area (Å²) in [6.45, 7) is 14.0. The smallest absolute Gasteiger partial charge is 0.191 e. The zero-order chi connectivity index (χ0) is 20.9. The fraction of sp³-hybridized carbons (Fsp3) is 0.545. The summed E-state index contributed by atoms with van der Waals surface area (Å²) in [6.07, 6.45) is 0.886. The van der Waals surface area contributed by atoms with E-state index in [0.717, 1.165) is 30.2 Å². The summed E-state index contributed by atoms with van der Waals surface area (Å²) < 4.78 is 15.1. The third-order valence-corrected chi connectivity index (χ3v) is 5.15. The first kappa shape index (κ1) is 25.4. The number of nitrogens with one attached hydrogen (secondary N) is 2. The highest BCUT2D eigenvalue weighted by Crippen LogP contribution is 2.23. The van der Waals surface area contributed by atoms with Crippen molar-refractivity contribution in [1.29, 1.82) is 0 Å². The van der Waals surface area contributed by atoms with Crippen LogP contribution in [0.5, 0.6) is 0 Å². The van der Waals surface area contributed by atoms with Crippen LogP contribution < -0.4 is 10.6 Å². The van der Waals surface area contributed by atoms with Crippen molar-refractivity contribution in [3.05, 3.63) is 52.6 Å². The predicted octanol–water partition coefficient (Wildman–Crippen LogP) is 4.26. The Hall–Kier alpha value is -1.64. The van der Waals surface area contributed by atoms with Crippen LogP contribution in [0.1, 0.15) is 50.2 Å². The minimum absolute atomic E-state index is 0. The third-order valence-electron chi connectivity index (χ3n) is 5.15. The van der Waals surface area contributed by atoms with Crippen LogP contribution >= 0.6 is 24.0 Å². The molecule has 7 heteroatoms. The fourth-order valence-corrected chi connectivity index (χ4v) is 3.29. The lowest BCUT2D eigenvalue weighted by Crippen LogP contribution is -2.43. The van der Waals surface area contributed by atoms with Crippen molar-refractivity contribution in [2.24, 2.45) is 12.0 Å². The summed E-state index contributed by atoms with van der Waals surface area (Å²) in [4.78, 5) is 4.80. The van der Waals surface area contributed by atoms with Gasteiger partial charge in [-0.3, -0.25) is 9.67 Å². The number of nitrogens with zero attached hydrogens (tertiary/aromatic N) is 3. The molecule has 0 aliphatic heterocycles. The second kappa shape index (κ2) is 10.9. The molecule has 0 aliphatic carbocycles. The van der Waals surface area contributed by atoms with Gasteiger partial charge in [0.2, 0.25) is 0 Å².